The second kappa shape index (κ2) is 6.86. The molecule has 1 rings (SSSR count). The molecule has 0 radical (unpaired) electrons. The molecule has 0 aromatic heterocycles. The van der Waals surface area contributed by atoms with Gasteiger partial charge < -0.3 is 14.8 Å². The molecule has 94 valence electrons. The van der Waals surface area contributed by atoms with E-state index in [0.29, 0.717) is 12.5 Å². The van der Waals surface area contributed by atoms with Gasteiger partial charge in [-0.2, -0.15) is 0 Å². The van der Waals surface area contributed by atoms with Crippen molar-refractivity contribution < 1.29 is 14.3 Å². The van der Waals surface area contributed by atoms with Crippen molar-refractivity contribution in [3.05, 3.63) is 0 Å². The number of methoxy groups -OCH3 is 1. The molecule has 4 heteroatoms. The van der Waals surface area contributed by atoms with Gasteiger partial charge in [0, 0.05) is 7.11 Å². The van der Waals surface area contributed by atoms with E-state index in [9.17, 15) is 4.79 Å². The van der Waals surface area contributed by atoms with Crippen LogP contribution >= 0.6 is 0 Å². The third-order valence-corrected chi connectivity index (χ3v) is 3.09. The summed E-state index contributed by atoms with van der Waals surface area (Å²) in [7, 11) is 1.61. The zero-order chi connectivity index (χ0) is 12.0. The third kappa shape index (κ3) is 4.10. The maximum Gasteiger partial charge on any atom is 0.323 e. The lowest BCUT2D eigenvalue weighted by Gasteiger charge is -2.29. The van der Waals surface area contributed by atoms with Crippen molar-refractivity contribution in [2.45, 2.75) is 45.3 Å². The quantitative estimate of drug-likeness (QED) is 0.723. The fraction of sp³-hybridized carbons (Fsp3) is 0.917. The van der Waals surface area contributed by atoms with E-state index in [1.165, 1.54) is 0 Å². The van der Waals surface area contributed by atoms with Gasteiger partial charge in [0.2, 0.25) is 0 Å². The highest BCUT2D eigenvalue weighted by atomic mass is 16.6. The van der Waals surface area contributed by atoms with Gasteiger partial charge in [-0.15, -0.1) is 0 Å². The van der Waals surface area contributed by atoms with Crippen LogP contribution in [-0.2, 0) is 14.3 Å². The van der Waals surface area contributed by atoms with Crippen LogP contribution in [0.15, 0.2) is 0 Å². The molecule has 16 heavy (non-hydrogen) atoms. The summed E-state index contributed by atoms with van der Waals surface area (Å²) in [4.78, 5) is 11.8. The fourth-order valence-corrected chi connectivity index (χ4v) is 2.10. The Hall–Kier alpha value is -0.610. The summed E-state index contributed by atoms with van der Waals surface area (Å²) in [6, 6.07) is -0.127. The van der Waals surface area contributed by atoms with Crippen LogP contribution in [0.1, 0.15) is 33.1 Å². The molecule has 0 amide bonds. The Morgan fingerprint density at radius 2 is 2.31 bits per heavy atom. The number of ether oxygens (including phenoxy) is 2. The molecule has 0 saturated carbocycles. The Bertz CT molecular complexity index is 220. The van der Waals surface area contributed by atoms with E-state index in [1.807, 2.05) is 6.92 Å². The maximum atomic E-state index is 11.8. The normalized spacial score (nSPS) is 27.4. The number of carbonyl (C=O) groups excluding carboxylic acids is 1. The summed E-state index contributed by atoms with van der Waals surface area (Å²) in [6.45, 7) is 5.39. The van der Waals surface area contributed by atoms with E-state index in [0.717, 1.165) is 25.8 Å². The molecule has 3 unspecified atom stereocenters. The third-order valence-electron chi connectivity index (χ3n) is 3.09. The summed E-state index contributed by atoms with van der Waals surface area (Å²) < 4.78 is 10.2. The van der Waals surface area contributed by atoms with Gasteiger partial charge in [-0.25, -0.2) is 0 Å². The zero-order valence-corrected chi connectivity index (χ0v) is 10.5. The van der Waals surface area contributed by atoms with E-state index in [-0.39, 0.29) is 18.1 Å². The summed E-state index contributed by atoms with van der Waals surface area (Å²) >= 11 is 0. The van der Waals surface area contributed by atoms with Crippen LogP contribution in [0.25, 0.3) is 0 Å². The van der Waals surface area contributed by atoms with Gasteiger partial charge in [-0.3, -0.25) is 4.79 Å². The molecule has 1 heterocycles. The summed E-state index contributed by atoms with van der Waals surface area (Å²) in [5, 5.41) is 3.22. The number of nitrogens with one attached hydrogen (secondary N) is 1. The fourth-order valence-electron chi connectivity index (χ4n) is 2.10. The van der Waals surface area contributed by atoms with Crippen molar-refractivity contribution >= 4 is 5.97 Å². The van der Waals surface area contributed by atoms with Crippen molar-refractivity contribution in [1.82, 2.24) is 5.32 Å². The molecular weight excluding hydrogens is 206 g/mol. The topological polar surface area (TPSA) is 47.6 Å². The van der Waals surface area contributed by atoms with Crippen LogP contribution in [0, 0.1) is 5.92 Å². The minimum atomic E-state index is -0.165. The van der Waals surface area contributed by atoms with Gasteiger partial charge in [-0.1, -0.05) is 13.3 Å². The standard InChI is InChI=1S/C12H23NO3/c1-4-10-5-6-13-11(7-10)12(14)16-9(2)8-15-3/h9-11,13H,4-8H2,1-3H3. The van der Waals surface area contributed by atoms with Crippen LogP contribution < -0.4 is 5.32 Å². The second-order valence-electron chi connectivity index (χ2n) is 4.51. The minimum absolute atomic E-state index is 0.127. The van der Waals surface area contributed by atoms with E-state index in [4.69, 9.17) is 9.47 Å². The predicted molar refractivity (Wildman–Crippen MR) is 62.2 cm³/mol. The van der Waals surface area contributed by atoms with Crippen molar-refractivity contribution in [2.24, 2.45) is 5.92 Å². The molecular formula is C12H23NO3. The maximum absolute atomic E-state index is 11.8. The number of hydrogen-bond donors (Lipinski definition) is 1. The van der Waals surface area contributed by atoms with Gasteiger partial charge >= 0.3 is 5.97 Å². The Morgan fingerprint density at radius 3 is 2.94 bits per heavy atom. The molecule has 4 nitrogen and oxygen atoms in total. The molecule has 1 fully saturated rings. The van der Waals surface area contributed by atoms with Crippen LogP contribution in [0.3, 0.4) is 0 Å². The van der Waals surface area contributed by atoms with Gasteiger partial charge in [0.05, 0.1) is 6.61 Å². The molecule has 0 aromatic carbocycles. The first-order chi connectivity index (χ1) is 7.67. The van der Waals surface area contributed by atoms with E-state index in [2.05, 4.69) is 12.2 Å². The van der Waals surface area contributed by atoms with Gasteiger partial charge in [0.25, 0.3) is 0 Å². The van der Waals surface area contributed by atoms with Crippen molar-refractivity contribution in [2.75, 3.05) is 20.3 Å². The highest BCUT2D eigenvalue weighted by molar-refractivity contribution is 5.76. The Balaban J connectivity index is 2.35. The Labute approximate surface area is 97.7 Å². The van der Waals surface area contributed by atoms with Crippen LogP contribution in [0.5, 0.6) is 0 Å². The summed E-state index contributed by atoms with van der Waals surface area (Å²) in [5.41, 5.74) is 0. The van der Waals surface area contributed by atoms with Crippen LogP contribution in [-0.4, -0.2) is 38.4 Å². The first-order valence-electron chi connectivity index (χ1n) is 6.10. The first-order valence-corrected chi connectivity index (χ1v) is 6.10. The molecule has 1 saturated heterocycles. The molecule has 1 aliphatic heterocycles. The van der Waals surface area contributed by atoms with Crippen LogP contribution in [0.2, 0.25) is 0 Å². The van der Waals surface area contributed by atoms with Crippen molar-refractivity contribution in [3.8, 4) is 0 Å². The average Bonchev–Trinajstić information content (AvgIpc) is 2.29. The lowest BCUT2D eigenvalue weighted by atomic mass is 9.90. The largest absolute Gasteiger partial charge is 0.459 e. The minimum Gasteiger partial charge on any atom is -0.459 e. The smallest absolute Gasteiger partial charge is 0.323 e. The van der Waals surface area contributed by atoms with Gasteiger partial charge in [0.1, 0.15) is 12.1 Å². The van der Waals surface area contributed by atoms with E-state index >= 15 is 0 Å². The highest BCUT2D eigenvalue weighted by Crippen LogP contribution is 2.20. The number of carbonyl (C=O) groups is 1. The molecule has 0 aliphatic carbocycles. The molecule has 1 aliphatic rings. The molecule has 0 bridgehead atoms. The number of esters is 1. The summed E-state index contributed by atoms with van der Waals surface area (Å²) in [5.74, 6) is 0.513. The average molecular weight is 229 g/mol. The monoisotopic (exact) mass is 229 g/mol. The van der Waals surface area contributed by atoms with Gasteiger partial charge in [-0.05, 0) is 32.2 Å². The molecule has 3 atom stereocenters. The van der Waals surface area contributed by atoms with E-state index < -0.39 is 0 Å². The lowest BCUT2D eigenvalue weighted by Crippen LogP contribution is -2.45. The lowest BCUT2D eigenvalue weighted by molar-refractivity contribution is -0.154. The Kier molecular flexibility index (Phi) is 5.77. The van der Waals surface area contributed by atoms with Crippen molar-refractivity contribution in [1.29, 1.82) is 0 Å². The number of hydrogen-bond acceptors (Lipinski definition) is 4. The number of piperidine rings is 1. The highest BCUT2D eigenvalue weighted by Gasteiger charge is 2.27. The number of rotatable bonds is 5. The Morgan fingerprint density at radius 1 is 1.56 bits per heavy atom. The van der Waals surface area contributed by atoms with Crippen LogP contribution in [0.4, 0.5) is 0 Å². The van der Waals surface area contributed by atoms with Gasteiger partial charge in [0.15, 0.2) is 0 Å². The summed E-state index contributed by atoms with van der Waals surface area (Å²) in [6.07, 6.45) is 3.03. The zero-order valence-electron chi connectivity index (χ0n) is 10.5. The van der Waals surface area contributed by atoms with E-state index in [1.54, 1.807) is 7.11 Å². The molecule has 1 N–H and O–H groups in total. The SMILES string of the molecule is CCC1CCNC(C(=O)OC(C)COC)C1. The first kappa shape index (κ1) is 13.5. The molecule has 0 aromatic rings. The predicted octanol–water partition coefficient (Wildman–Crippen LogP) is 1.34. The van der Waals surface area contributed by atoms with Crippen molar-refractivity contribution in [3.63, 3.8) is 0 Å². The molecule has 0 spiro atoms. The second-order valence-corrected chi connectivity index (χ2v) is 4.51.